The smallest absolute Gasteiger partial charge is 0.286 e. The topological polar surface area (TPSA) is 83.4 Å². The molecule has 1 aliphatic rings. The van der Waals surface area contributed by atoms with Crippen molar-refractivity contribution in [1.29, 1.82) is 0 Å². The summed E-state index contributed by atoms with van der Waals surface area (Å²) in [5.74, 6) is -0.744. The van der Waals surface area contributed by atoms with Crippen LogP contribution in [0.3, 0.4) is 0 Å². The van der Waals surface area contributed by atoms with E-state index in [0.29, 0.717) is 18.5 Å². The lowest BCUT2D eigenvalue weighted by Crippen LogP contribution is -2.45. The fourth-order valence-corrected chi connectivity index (χ4v) is 2.44. The van der Waals surface area contributed by atoms with Crippen LogP contribution in [-0.2, 0) is 11.8 Å². The maximum atomic E-state index is 11.7. The van der Waals surface area contributed by atoms with Gasteiger partial charge in [0, 0.05) is 13.2 Å². The van der Waals surface area contributed by atoms with Crippen LogP contribution in [0.4, 0.5) is 0 Å². The van der Waals surface area contributed by atoms with Crippen molar-refractivity contribution >= 4 is 11.8 Å². The molecule has 6 heteroatoms. The van der Waals surface area contributed by atoms with Crippen molar-refractivity contribution in [3.63, 3.8) is 0 Å². The third-order valence-electron chi connectivity index (χ3n) is 3.52. The van der Waals surface area contributed by atoms with E-state index in [2.05, 4.69) is 10.9 Å². The van der Waals surface area contributed by atoms with Gasteiger partial charge in [-0.15, -0.1) is 0 Å². The van der Waals surface area contributed by atoms with Gasteiger partial charge in [-0.05, 0) is 25.0 Å². The molecule has 1 fully saturated rings. The molecule has 0 saturated heterocycles. The summed E-state index contributed by atoms with van der Waals surface area (Å²) in [5, 5.41) is 10.1. The number of aliphatic hydroxyl groups is 1. The number of aryl methyl sites for hydroxylation is 1. The number of carbonyl (C=O) groups is 2. The summed E-state index contributed by atoms with van der Waals surface area (Å²) in [7, 11) is 1.75. The van der Waals surface area contributed by atoms with Crippen LogP contribution in [0.25, 0.3) is 0 Å². The zero-order valence-electron chi connectivity index (χ0n) is 11.0. The first-order chi connectivity index (χ1) is 9.00. The number of amides is 2. The number of nitrogens with one attached hydrogen (secondary N) is 2. The van der Waals surface area contributed by atoms with Crippen LogP contribution >= 0.6 is 0 Å². The summed E-state index contributed by atoms with van der Waals surface area (Å²) in [6.45, 7) is 0. The lowest BCUT2D eigenvalue weighted by Gasteiger charge is -2.21. The highest BCUT2D eigenvalue weighted by atomic mass is 16.3. The lowest BCUT2D eigenvalue weighted by atomic mass is 9.98. The molecule has 0 atom stereocenters. The Kier molecular flexibility index (Phi) is 3.90. The van der Waals surface area contributed by atoms with Gasteiger partial charge in [-0.2, -0.15) is 0 Å². The molecular weight excluding hydrogens is 246 g/mol. The van der Waals surface area contributed by atoms with Crippen molar-refractivity contribution in [2.75, 3.05) is 0 Å². The van der Waals surface area contributed by atoms with E-state index in [-0.39, 0.29) is 18.2 Å². The predicted molar refractivity (Wildman–Crippen MR) is 69.1 cm³/mol. The van der Waals surface area contributed by atoms with Crippen LogP contribution in [-0.4, -0.2) is 27.1 Å². The second kappa shape index (κ2) is 5.44. The number of hydrazine groups is 1. The first-order valence-electron chi connectivity index (χ1n) is 6.43. The van der Waals surface area contributed by atoms with Crippen LogP contribution in [0.15, 0.2) is 18.3 Å². The van der Waals surface area contributed by atoms with E-state index >= 15 is 0 Å². The Labute approximate surface area is 111 Å². The van der Waals surface area contributed by atoms with Crippen molar-refractivity contribution in [2.45, 2.75) is 37.7 Å². The molecule has 1 saturated carbocycles. The van der Waals surface area contributed by atoms with E-state index < -0.39 is 5.60 Å². The van der Waals surface area contributed by atoms with Gasteiger partial charge in [0.05, 0.1) is 12.0 Å². The highest BCUT2D eigenvalue weighted by Gasteiger charge is 2.33. The van der Waals surface area contributed by atoms with E-state index in [1.165, 1.54) is 0 Å². The average Bonchev–Trinajstić information content (AvgIpc) is 2.95. The first-order valence-corrected chi connectivity index (χ1v) is 6.43. The maximum absolute atomic E-state index is 11.7. The molecule has 0 aromatic carbocycles. The van der Waals surface area contributed by atoms with Crippen LogP contribution in [0.5, 0.6) is 0 Å². The third kappa shape index (κ3) is 3.35. The molecule has 0 radical (unpaired) electrons. The van der Waals surface area contributed by atoms with Crippen molar-refractivity contribution in [3.05, 3.63) is 24.0 Å². The van der Waals surface area contributed by atoms with Gasteiger partial charge >= 0.3 is 0 Å². The molecule has 6 nitrogen and oxygen atoms in total. The molecule has 2 amide bonds. The van der Waals surface area contributed by atoms with Gasteiger partial charge in [0.25, 0.3) is 5.91 Å². The summed E-state index contributed by atoms with van der Waals surface area (Å²) in [4.78, 5) is 23.4. The van der Waals surface area contributed by atoms with Crippen molar-refractivity contribution < 1.29 is 14.7 Å². The van der Waals surface area contributed by atoms with E-state index in [9.17, 15) is 14.7 Å². The Morgan fingerprint density at radius 1 is 1.37 bits per heavy atom. The number of carbonyl (C=O) groups excluding carboxylic acids is 2. The highest BCUT2D eigenvalue weighted by molar-refractivity contribution is 5.94. The van der Waals surface area contributed by atoms with Crippen molar-refractivity contribution in [3.8, 4) is 0 Å². The SMILES string of the molecule is Cn1cccc1C(=O)NNC(=O)CC1(O)CCCC1. The molecule has 2 rings (SSSR count). The second-order valence-corrected chi connectivity index (χ2v) is 5.11. The van der Waals surface area contributed by atoms with Crippen LogP contribution in [0.2, 0.25) is 0 Å². The Hall–Kier alpha value is -1.82. The van der Waals surface area contributed by atoms with Gasteiger partial charge < -0.3 is 9.67 Å². The van der Waals surface area contributed by atoms with Gasteiger partial charge in [-0.25, -0.2) is 0 Å². The second-order valence-electron chi connectivity index (χ2n) is 5.11. The Balaban J connectivity index is 1.81. The summed E-state index contributed by atoms with van der Waals surface area (Å²) in [6.07, 6.45) is 4.95. The molecule has 0 unspecified atom stereocenters. The minimum atomic E-state index is -0.903. The van der Waals surface area contributed by atoms with Gasteiger partial charge in [-0.3, -0.25) is 20.4 Å². The van der Waals surface area contributed by atoms with Gasteiger partial charge in [0.15, 0.2) is 0 Å². The van der Waals surface area contributed by atoms with Crippen LogP contribution in [0.1, 0.15) is 42.6 Å². The van der Waals surface area contributed by atoms with E-state index in [0.717, 1.165) is 12.8 Å². The zero-order chi connectivity index (χ0) is 13.9. The standard InChI is InChI=1S/C13H19N3O3/c1-16-8-4-5-10(16)12(18)15-14-11(17)9-13(19)6-2-3-7-13/h4-5,8,19H,2-3,6-7,9H2,1H3,(H,14,17)(H,15,18). The van der Waals surface area contributed by atoms with Gasteiger partial charge in [0.2, 0.25) is 5.91 Å². The molecule has 104 valence electrons. The number of hydrogen-bond donors (Lipinski definition) is 3. The summed E-state index contributed by atoms with van der Waals surface area (Å²) >= 11 is 0. The van der Waals surface area contributed by atoms with Crippen molar-refractivity contribution in [1.82, 2.24) is 15.4 Å². The minimum Gasteiger partial charge on any atom is -0.389 e. The molecule has 0 bridgehead atoms. The summed E-state index contributed by atoms with van der Waals surface area (Å²) < 4.78 is 1.66. The molecule has 1 aromatic rings. The fourth-order valence-electron chi connectivity index (χ4n) is 2.44. The Morgan fingerprint density at radius 3 is 2.63 bits per heavy atom. The first kappa shape index (κ1) is 13.6. The van der Waals surface area contributed by atoms with Crippen LogP contribution < -0.4 is 10.9 Å². The normalized spacial score (nSPS) is 17.2. The van der Waals surface area contributed by atoms with Gasteiger partial charge in [-0.1, -0.05) is 12.8 Å². The number of aromatic nitrogens is 1. The molecule has 1 aromatic heterocycles. The Morgan fingerprint density at radius 2 is 2.05 bits per heavy atom. The average molecular weight is 265 g/mol. The molecule has 3 N–H and O–H groups in total. The summed E-state index contributed by atoms with van der Waals surface area (Å²) in [5.41, 5.74) is 4.24. The molecule has 1 aliphatic carbocycles. The zero-order valence-corrected chi connectivity index (χ0v) is 11.0. The predicted octanol–water partition coefficient (Wildman–Crippen LogP) is 0.481. The molecule has 0 spiro atoms. The molecule has 1 heterocycles. The Bertz CT molecular complexity index is 475. The monoisotopic (exact) mass is 265 g/mol. The highest BCUT2D eigenvalue weighted by Crippen LogP contribution is 2.31. The van der Waals surface area contributed by atoms with E-state index in [4.69, 9.17) is 0 Å². The lowest BCUT2D eigenvalue weighted by molar-refractivity contribution is -0.126. The van der Waals surface area contributed by atoms with Crippen molar-refractivity contribution in [2.24, 2.45) is 7.05 Å². The van der Waals surface area contributed by atoms with Crippen LogP contribution in [0, 0.1) is 0 Å². The molecule has 0 aliphatic heterocycles. The summed E-state index contributed by atoms with van der Waals surface area (Å²) in [6, 6.07) is 3.41. The maximum Gasteiger partial charge on any atom is 0.286 e. The molecule has 19 heavy (non-hydrogen) atoms. The minimum absolute atomic E-state index is 0.0282. The molecular formula is C13H19N3O3. The van der Waals surface area contributed by atoms with Gasteiger partial charge in [0.1, 0.15) is 5.69 Å². The fraction of sp³-hybridized carbons (Fsp3) is 0.538. The number of rotatable bonds is 3. The number of hydrogen-bond acceptors (Lipinski definition) is 3. The van der Waals surface area contributed by atoms with E-state index in [1.807, 2.05) is 0 Å². The largest absolute Gasteiger partial charge is 0.389 e. The quantitative estimate of drug-likeness (QED) is 0.695. The van der Waals surface area contributed by atoms with E-state index in [1.54, 1.807) is 29.9 Å². The third-order valence-corrected chi connectivity index (χ3v) is 3.52. The number of nitrogens with zero attached hydrogens (tertiary/aromatic N) is 1.